The molecule has 0 saturated heterocycles. The van der Waals surface area contributed by atoms with Gasteiger partial charge in [0.15, 0.2) is 0 Å². The Kier molecular flexibility index (Phi) is 31.9. The molecule has 0 unspecified atom stereocenters. The summed E-state index contributed by atoms with van der Waals surface area (Å²) in [4.78, 5) is 15.1. The Morgan fingerprint density at radius 1 is 0.389 bits per heavy atom. The summed E-state index contributed by atoms with van der Waals surface area (Å²) in [5.41, 5.74) is -1.27. The second-order valence-electron chi connectivity index (χ2n) is 11.9. The summed E-state index contributed by atoms with van der Waals surface area (Å²) in [6.45, 7) is 3.05. The first kappa shape index (κ1) is 53.2. The molecule has 0 fully saturated rings. The number of nitrogens with zero attached hydrogens (tertiary/aromatic N) is 4. The average molecular weight is 945 g/mol. The molecule has 0 radical (unpaired) electrons. The van der Waals surface area contributed by atoms with E-state index < -0.39 is 23.5 Å². The number of halogens is 6. The zero-order valence-corrected chi connectivity index (χ0v) is 33.4. The molecule has 304 valence electrons. The van der Waals surface area contributed by atoms with Crippen LogP contribution in [0.1, 0.15) is 114 Å². The van der Waals surface area contributed by atoms with E-state index in [2.05, 4.69) is 32.1 Å². The maximum atomic E-state index is 11.8. The van der Waals surface area contributed by atoms with Crippen LogP contribution in [0, 0.1) is 12.1 Å². The molecular formula is C38H48F6N4O4Rh2. The number of hydrogen-bond donors (Lipinski definition) is 0. The number of alkyl halides is 6. The SMILES string of the molecule is FC(F)(F)c1cc[c-]cc1.FC(F)(F)c1cc[c-]cc1.[O-]C1=NCCCCC1.[O-]C1=NCCCCC1.[O-]C1=NCCCCC1.[O-]C1=NCCCCC1.[Rh+3].[Rh+3]. The maximum Gasteiger partial charge on any atom is 3.00 e. The second-order valence-corrected chi connectivity index (χ2v) is 11.9. The van der Waals surface area contributed by atoms with Gasteiger partial charge in [-0.05, 0) is 101 Å². The minimum atomic E-state index is -4.23. The van der Waals surface area contributed by atoms with Crippen LogP contribution in [0.2, 0.25) is 0 Å². The third kappa shape index (κ3) is 30.5. The van der Waals surface area contributed by atoms with Crippen LogP contribution in [0.3, 0.4) is 0 Å². The molecular weight excluding hydrogens is 896 g/mol. The summed E-state index contributed by atoms with van der Waals surface area (Å²) < 4.78 is 70.6. The Morgan fingerprint density at radius 2 is 0.611 bits per heavy atom. The molecule has 0 N–H and O–H groups in total. The normalized spacial score (nSPS) is 17.1. The van der Waals surface area contributed by atoms with Crippen molar-refractivity contribution in [3.05, 3.63) is 71.8 Å². The number of rotatable bonds is 0. The first-order valence-electron chi connectivity index (χ1n) is 17.7. The van der Waals surface area contributed by atoms with Gasteiger partial charge >= 0.3 is 51.3 Å². The summed E-state index contributed by atoms with van der Waals surface area (Å²) >= 11 is 0. The van der Waals surface area contributed by atoms with Crippen LogP contribution in [0.15, 0.2) is 68.5 Å². The third-order valence-corrected chi connectivity index (χ3v) is 7.44. The summed E-state index contributed by atoms with van der Waals surface area (Å²) in [7, 11) is 0. The van der Waals surface area contributed by atoms with Crippen LogP contribution in [0.4, 0.5) is 26.3 Å². The minimum Gasteiger partial charge on any atom is -0.862 e. The molecule has 0 saturated carbocycles. The molecule has 6 rings (SSSR count). The zero-order chi connectivity index (χ0) is 38.5. The Balaban J connectivity index is 0. The molecule has 0 amide bonds. The van der Waals surface area contributed by atoms with Gasteiger partial charge in [-0.3, -0.25) is 0 Å². The molecule has 4 aliphatic rings. The Labute approximate surface area is 341 Å². The molecule has 4 aliphatic heterocycles. The van der Waals surface area contributed by atoms with Crippen molar-refractivity contribution < 1.29 is 85.7 Å². The first-order valence-corrected chi connectivity index (χ1v) is 17.7. The van der Waals surface area contributed by atoms with Crippen molar-refractivity contribution in [3.63, 3.8) is 0 Å². The van der Waals surface area contributed by atoms with Crippen LogP contribution in [-0.4, -0.2) is 49.8 Å². The Morgan fingerprint density at radius 3 is 0.796 bits per heavy atom. The van der Waals surface area contributed by atoms with Gasteiger partial charge in [0.2, 0.25) is 0 Å². The summed E-state index contributed by atoms with van der Waals surface area (Å²) in [5.74, 6) is 0.398. The van der Waals surface area contributed by atoms with E-state index in [0.29, 0.717) is 25.7 Å². The molecule has 0 spiro atoms. The second kappa shape index (κ2) is 32.4. The standard InChI is InChI=1S/2C7H4F3.4C6H11NO.2Rh/c2*8-7(9,10)6-4-2-1-3-5-6;4*8-6-4-2-1-3-5-7-6;;/h2*2-5H;4*1-5H2,(H,7,8);;/q2*-1;;;;;2*+3/p-4. The molecule has 54 heavy (non-hydrogen) atoms. The molecule has 16 heteroatoms. The van der Waals surface area contributed by atoms with Crippen molar-refractivity contribution in [2.75, 3.05) is 26.2 Å². The van der Waals surface area contributed by atoms with Gasteiger partial charge in [-0.25, -0.2) is 0 Å². The molecule has 0 aromatic heterocycles. The van der Waals surface area contributed by atoms with Crippen molar-refractivity contribution in [3.8, 4) is 0 Å². The summed E-state index contributed by atoms with van der Waals surface area (Å²) in [5, 5.41) is 42.1. The van der Waals surface area contributed by atoms with E-state index in [1.54, 1.807) is 0 Å². The van der Waals surface area contributed by atoms with E-state index in [4.69, 9.17) is 0 Å². The van der Waals surface area contributed by atoms with Gasteiger partial charge in [0.1, 0.15) is 0 Å². The predicted octanol–water partition coefficient (Wildman–Crippen LogP) is 6.28. The summed E-state index contributed by atoms with van der Waals surface area (Å²) in [6, 6.07) is 13.9. The molecule has 4 heterocycles. The van der Waals surface area contributed by atoms with Crippen molar-refractivity contribution in [2.24, 2.45) is 20.0 Å². The van der Waals surface area contributed by atoms with Gasteiger partial charge in [0, 0.05) is 26.2 Å². The van der Waals surface area contributed by atoms with E-state index >= 15 is 0 Å². The topological polar surface area (TPSA) is 142 Å². The zero-order valence-electron chi connectivity index (χ0n) is 30.1. The largest absolute Gasteiger partial charge is 3.00 e. The van der Waals surface area contributed by atoms with Crippen LogP contribution in [0.5, 0.6) is 0 Å². The van der Waals surface area contributed by atoms with Crippen LogP contribution < -0.4 is 20.4 Å². The third-order valence-electron chi connectivity index (χ3n) is 7.44. The van der Waals surface area contributed by atoms with Gasteiger partial charge in [-0.1, -0.05) is 36.8 Å². The van der Waals surface area contributed by atoms with E-state index in [9.17, 15) is 46.8 Å². The minimum absolute atomic E-state index is 0. The van der Waals surface area contributed by atoms with Gasteiger partial charge < -0.3 is 40.4 Å². The number of benzene rings is 2. The smallest absolute Gasteiger partial charge is 0.862 e. The van der Waals surface area contributed by atoms with Crippen LogP contribution >= 0.6 is 0 Å². The quantitative estimate of drug-likeness (QED) is 0.174. The van der Waals surface area contributed by atoms with Gasteiger partial charge in [0.25, 0.3) is 0 Å². The van der Waals surface area contributed by atoms with Gasteiger partial charge in [0.05, 0.1) is 0 Å². The Bertz CT molecular complexity index is 1180. The van der Waals surface area contributed by atoms with Gasteiger partial charge in [-0.2, -0.15) is 87.0 Å². The fourth-order valence-electron chi connectivity index (χ4n) is 4.54. The predicted molar refractivity (Wildman–Crippen MR) is 184 cm³/mol. The van der Waals surface area contributed by atoms with Crippen LogP contribution in [-0.2, 0) is 51.3 Å². The Hall–Kier alpha value is -2.85. The van der Waals surface area contributed by atoms with Crippen LogP contribution in [0.25, 0.3) is 0 Å². The molecule has 2 aromatic carbocycles. The first-order chi connectivity index (χ1) is 24.8. The number of aliphatic imine (C=N–C) groups is 4. The van der Waals surface area contributed by atoms with Crippen molar-refractivity contribution in [1.29, 1.82) is 0 Å². The molecule has 2 aromatic rings. The number of hydrogen-bond acceptors (Lipinski definition) is 8. The fraction of sp³-hybridized carbons (Fsp3) is 0.579. The van der Waals surface area contributed by atoms with E-state index in [-0.39, 0.29) is 62.5 Å². The molecule has 8 nitrogen and oxygen atoms in total. The fourth-order valence-corrected chi connectivity index (χ4v) is 4.54. The summed E-state index contributed by atoms with van der Waals surface area (Å²) in [6.07, 6.45) is 7.56. The van der Waals surface area contributed by atoms with Gasteiger partial charge in [-0.15, -0.1) is 0 Å². The monoisotopic (exact) mass is 944 g/mol. The van der Waals surface area contributed by atoms with E-state index in [1.807, 2.05) is 0 Å². The molecule has 0 aliphatic carbocycles. The molecule has 0 atom stereocenters. The van der Waals surface area contributed by atoms with Crippen molar-refractivity contribution in [1.82, 2.24) is 0 Å². The van der Waals surface area contributed by atoms with Crippen molar-refractivity contribution in [2.45, 2.75) is 115 Å². The molecule has 0 bridgehead atoms. The van der Waals surface area contributed by atoms with Crippen molar-refractivity contribution >= 4 is 23.6 Å². The van der Waals surface area contributed by atoms with E-state index in [1.165, 1.54) is 49.9 Å². The maximum absolute atomic E-state index is 11.8. The van der Waals surface area contributed by atoms with E-state index in [0.717, 1.165) is 102 Å². The average Bonchev–Trinajstić information content (AvgIpc) is 3.71.